The highest BCUT2D eigenvalue weighted by molar-refractivity contribution is 5.28. The molecule has 0 saturated carbocycles. The van der Waals surface area contributed by atoms with Crippen molar-refractivity contribution in [2.45, 2.75) is 38.3 Å². The zero-order valence-corrected chi connectivity index (χ0v) is 14.1. The molecule has 0 aliphatic carbocycles. The van der Waals surface area contributed by atoms with E-state index in [1.165, 1.54) is 36.9 Å². The molecule has 1 aromatic heterocycles. The minimum absolute atomic E-state index is 0.0490. The van der Waals surface area contributed by atoms with Crippen LogP contribution in [0.3, 0.4) is 0 Å². The molecule has 0 bridgehead atoms. The van der Waals surface area contributed by atoms with Gasteiger partial charge in [0.2, 0.25) is 0 Å². The summed E-state index contributed by atoms with van der Waals surface area (Å²) in [4.78, 5) is 6.68. The molecule has 0 radical (unpaired) electrons. The van der Waals surface area contributed by atoms with Crippen molar-refractivity contribution in [2.75, 3.05) is 19.8 Å². The lowest BCUT2D eigenvalue weighted by atomic mass is 10.0. The summed E-state index contributed by atoms with van der Waals surface area (Å²) in [6.07, 6.45) is 8.63. The number of aliphatic hydroxyl groups is 1. The number of pyridine rings is 1. The monoisotopic (exact) mass is 326 g/mol. The second-order valence-electron chi connectivity index (χ2n) is 6.38. The molecule has 2 heterocycles. The summed E-state index contributed by atoms with van der Waals surface area (Å²) in [5.41, 5.74) is 2.65. The van der Waals surface area contributed by atoms with Gasteiger partial charge in [-0.05, 0) is 67.6 Å². The van der Waals surface area contributed by atoms with Crippen molar-refractivity contribution in [3.63, 3.8) is 0 Å². The number of likely N-dealkylation sites (tertiary alicyclic amines) is 1. The smallest absolute Gasteiger partial charge is 0.119 e. The third-order valence-corrected chi connectivity index (χ3v) is 4.66. The molecule has 24 heavy (non-hydrogen) atoms. The summed E-state index contributed by atoms with van der Waals surface area (Å²) >= 11 is 0. The minimum Gasteiger partial charge on any atom is -0.491 e. The summed E-state index contributed by atoms with van der Waals surface area (Å²) in [5.74, 6) is 0.842. The van der Waals surface area contributed by atoms with E-state index in [0.29, 0.717) is 12.6 Å². The van der Waals surface area contributed by atoms with Crippen molar-refractivity contribution in [3.05, 3.63) is 59.9 Å². The number of aliphatic hydroxyl groups excluding tert-OH is 1. The van der Waals surface area contributed by atoms with E-state index in [1.807, 2.05) is 24.5 Å². The Hall–Kier alpha value is -1.91. The van der Waals surface area contributed by atoms with Crippen LogP contribution in [0.5, 0.6) is 5.75 Å². The van der Waals surface area contributed by atoms with Gasteiger partial charge in [-0.3, -0.25) is 9.88 Å². The largest absolute Gasteiger partial charge is 0.491 e. The molecule has 128 valence electrons. The molecule has 0 spiro atoms. The summed E-state index contributed by atoms with van der Waals surface area (Å²) in [6, 6.07) is 13.1. The van der Waals surface area contributed by atoms with Gasteiger partial charge in [0.05, 0.1) is 6.61 Å². The van der Waals surface area contributed by atoms with E-state index in [-0.39, 0.29) is 6.61 Å². The molecule has 1 atom stereocenters. The summed E-state index contributed by atoms with van der Waals surface area (Å²) < 4.78 is 5.52. The molecule has 1 fully saturated rings. The molecule has 2 aromatic rings. The third kappa shape index (κ3) is 4.79. The van der Waals surface area contributed by atoms with E-state index in [4.69, 9.17) is 9.84 Å². The molecule has 4 heteroatoms. The molecule has 3 rings (SSSR count). The van der Waals surface area contributed by atoms with Crippen LogP contribution in [0.15, 0.2) is 48.8 Å². The number of nitrogens with zero attached hydrogens (tertiary/aromatic N) is 2. The van der Waals surface area contributed by atoms with Crippen molar-refractivity contribution in [2.24, 2.45) is 0 Å². The second-order valence-corrected chi connectivity index (χ2v) is 6.38. The van der Waals surface area contributed by atoms with E-state index in [2.05, 4.69) is 34.1 Å². The minimum atomic E-state index is 0.0490. The molecule has 0 unspecified atom stereocenters. The number of benzene rings is 1. The van der Waals surface area contributed by atoms with Crippen LogP contribution in [0.4, 0.5) is 0 Å². The van der Waals surface area contributed by atoms with Crippen LogP contribution in [0.1, 0.15) is 30.4 Å². The first kappa shape index (κ1) is 16.9. The number of hydrogen-bond acceptors (Lipinski definition) is 4. The molecule has 1 aliphatic rings. The van der Waals surface area contributed by atoms with E-state index in [0.717, 1.165) is 18.7 Å². The van der Waals surface area contributed by atoms with Crippen LogP contribution in [0.2, 0.25) is 0 Å². The maximum Gasteiger partial charge on any atom is 0.119 e. The predicted octanol–water partition coefficient (Wildman–Crippen LogP) is 3.05. The van der Waals surface area contributed by atoms with E-state index >= 15 is 0 Å². The quantitative estimate of drug-likeness (QED) is 0.810. The molecule has 1 N–H and O–H groups in total. The Bertz CT molecular complexity index is 618. The second kappa shape index (κ2) is 8.81. The van der Waals surface area contributed by atoms with Crippen LogP contribution in [-0.2, 0) is 13.0 Å². The Balaban J connectivity index is 1.55. The van der Waals surface area contributed by atoms with Crippen LogP contribution in [-0.4, -0.2) is 40.8 Å². The number of aryl methyl sites for hydroxylation is 1. The average Bonchev–Trinajstić information content (AvgIpc) is 3.06. The van der Waals surface area contributed by atoms with Crippen molar-refractivity contribution >= 4 is 0 Å². The lowest BCUT2D eigenvalue weighted by Gasteiger charge is -2.24. The zero-order valence-electron chi connectivity index (χ0n) is 14.1. The van der Waals surface area contributed by atoms with Gasteiger partial charge in [-0.1, -0.05) is 12.1 Å². The molecule has 1 saturated heterocycles. The van der Waals surface area contributed by atoms with Gasteiger partial charge in [-0.15, -0.1) is 0 Å². The van der Waals surface area contributed by atoms with Crippen LogP contribution >= 0.6 is 0 Å². The Labute approximate surface area is 144 Å². The van der Waals surface area contributed by atoms with Crippen LogP contribution < -0.4 is 4.74 Å². The maximum absolute atomic E-state index is 8.88. The number of hydrogen-bond donors (Lipinski definition) is 1. The molecule has 4 nitrogen and oxygen atoms in total. The van der Waals surface area contributed by atoms with Crippen LogP contribution in [0, 0.1) is 0 Å². The predicted molar refractivity (Wildman–Crippen MR) is 95.0 cm³/mol. The van der Waals surface area contributed by atoms with Gasteiger partial charge in [0.1, 0.15) is 12.4 Å². The van der Waals surface area contributed by atoms with E-state index < -0.39 is 0 Å². The Morgan fingerprint density at radius 1 is 1.17 bits per heavy atom. The zero-order chi connectivity index (χ0) is 16.6. The van der Waals surface area contributed by atoms with E-state index in [1.54, 1.807) is 0 Å². The topological polar surface area (TPSA) is 45.6 Å². The fraction of sp³-hybridized carbons (Fsp3) is 0.450. The van der Waals surface area contributed by atoms with Crippen molar-refractivity contribution in [1.82, 2.24) is 9.88 Å². The van der Waals surface area contributed by atoms with Gasteiger partial charge in [0.25, 0.3) is 0 Å². The van der Waals surface area contributed by atoms with Crippen molar-refractivity contribution in [1.29, 1.82) is 0 Å². The normalized spacial score (nSPS) is 18.0. The summed E-state index contributed by atoms with van der Waals surface area (Å²) in [6.45, 7) is 2.54. The van der Waals surface area contributed by atoms with Crippen molar-refractivity contribution in [3.8, 4) is 5.75 Å². The first-order valence-electron chi connectivity index (χ1n) is 8.81. The first-order valence-corrected chi connectivity index (χ1v) is 8.81. The first-order chi connectivity index (χ1) is 11.8. The summed E-state index contributed by atoms with van der Waals surface area (Å²) in [7, 11) is 0. The fourth-order valence-corrected chi connectivity index (χ4v) is 3.44. The highest BCUT2D eigenvalue weighted by Crippen LogP contribution is 2.25. The number of ether oxygens (including phenoxy) is 1. The lowest BCUT2D eigenvalue weighted by Crippen LogP contribution is -2.29. The SMILES string of the molecule is OCCOc1cccc(CN2CCC[C@H]2CCc2ccncc2)c1. The lowest BCUT2D eigenvalue weighted by molar-refractivity contribution is 0.200. The number of rotatable bonds is 8. The standard InChI is InChI=1S/C20H26N2O2/c23-13-14-24-20-5-1-3-18(15-20)16-22-12-2-4-19(22)7-6-17-8-10-21-11-9-17/h1,3,5,8-11,15,19,23H,2,4,6-7,12-14,16H2/t19-/m0/s1. The average molecular weight is 326 g/mol. The Morgan fingerprint density at radius 2 is 2.04 bits per heavy atom. The fourth-order valence-electron chi connectivity index (χ4n) is 3.44. The van der Waals surface area contributed by atoms with Gasteiger partial charge in [-0.25, -0.2) is 0 Å². The Kier molecular flexibility index (Phi) is 6.21. The molecule has 1 aromatic carbocycles. The summed E-state index contributed by atoms with van der Waals surface area (Å²) in [5, 5.41) is 8.88. The van der Waals surface area contributed by atoms with Gasteiger partial charge in [-0.2, -0.15) is 0 Å². The highest BCUT2D eigenvalue weighted by atomic mass is 16.5. The van der Waals surface area contributed by atoms with Gasteiger partial charge in [0.15, 0.2) is 0 Å². The maximum atomic E-state index is 8.88. The van der Waals surface area contributed by atoms with Gasteiger partial charge < -0.3 is 9.84 Å². The van der Waals surface area contributed by atoms with Gasteiger partial charge in [0, 0.05) is 25.0 Å². The highest BCUT2D eigenvalue weighted by Gasteiger charge is 2.24. The number of aromatic nitrogens is 1. The van der Waals surface area contributed by atoms with Crippen molar-refractivity contribution < 1.29 is 9.84 Å². The van der Waals surface area contributed by atoms with Gasteiger partial charge >= 0.3 is 0 Å². The molecule has 0 amide bonds. The third-order valence-electron chi connectivity index (χ3n) is 4.66. The Morgan fingerprint density at radius 3 is 2.88 bits per heavy atom. The molecular formula is C20H26N2O2. The van der Waals surface area contributed by atoms with Crippen LogP contribution in [0.25, 0.3) is 0 Å². The van der Waals surface area contributed by atoms with E-state index in [9.17, 15) is 0 Å². The molecular weight excluding hydrogens is 300 g/mol. The molecule has 1 aliphatic heterocycles.